The summed E-state index contributed by atoms with van der Waals surface area (Å²) in [5.41, 5.74) is 1.51. The highest BCUT2D eigenvalue weighted by Crippen LogP contribution is 2.21. The van der Waals surface area contributed by atoms with E-state index in [1.54, 1.807) is 16.7 Å². The third kappa shape index (κ3) is 3.61. The molecule has 114 valence electrons. The Morgan fingerprint density at radius 1 is 1.43 bits per heavy atom. The molecule has 0 radical (unpaired) electrons. The van der Waals surface area contributed by atoms with Crippen molar-refractivity contribution >= 4 is 47.5 Å². The quantitative estimate of drug-likeness (QED) is 0.780. The summed E-state index contributed by atoms with van der Waals surface area (Å²) in [4.78, 5) is 25.3. The molecular weight excluding hydrogens is 312 g/mol. The van der Waals surface area contributed by atoms with E-state index < -0.39 is 0 Å². The minimum atomic E-state index is -0.140. The van der Waals surface area contributed by atoms with E-state index in [-0.39, 0.29) is 30.4 Å². The normalized spacial score (nSPS) is 20.9. The molecule has 8 heteroatoms. The van der Waals surface area contributed by atoms with Crippen molar-refractivity contribution in [2.24, 2.45) is 0 Å². The zero-order valence-corrected chi connectivity index (χ0v) is 12.9. The zero-order chi connectivity index (χ0) is 13.9. The molecule has 3 amide bonds. The predicted molar refractivity (Wildman–Crippen MR) is 87.3 cm³/mol. The molecular formula is C13H17ClN4O2S. The van der Waals surface area contributed by atoms with Crippen LogP contribution < -0.4 is 20.9 Å². The van der Waals surface area contributed by atoms with Crippen LogP contribution in [0.25, 0.3) is 0 Å². The maximum atomic E-state index is 12.0. The summed E-state index contributed by atoms with van der Waals surface area (Å²) in [7, 11) is 0. The topological polar surface area (TPSA) is 73.5 Å². The number of thioether (sulfide) groups is 1. The number of nitrogens with zero attached hydrogens (tertiary/aromatic N) is 1. The fourth-order valence-electron chi connectivity index (χ4n) is 2.26. The van der Waals surface area contributed by atoms with E-state index in [1.807, 2.05) is 24.3 Å². The fourth-order valence-corrected chi connectivity index (χ4v) is 3.20. The van der Waals surface area contributed by atoms with Crippen LogP contribution in [0.1, 0.15) is 0 Å². The second-order valence-electron chi connectivity index (χ2n) is 4.69. The van der Waals surface area contributed by atoms with Crippen molar-refractivity contribution < 1.29 is 9.59 Å². The average molecular weight is 329 g/mol. The summed E-state index contributed by atoms with van der Waals surface area (Å²) in [5, 5.41) is 8.78. The lowest BCUT2D eigenvalue weighted by atomic mass is 10.2. The lowest BCUT2D eigenvalue weighted by molar-refractivity contribution is -0.117. The number of hydrogen-bond donors (Lipinski definition) is 3. The van der Waals surface area contributed by atoms with E-state index in [0.717, 1.165) is 17.3 Å². The molecule has 3 N–H and O–H groups in total. The highest BCUT2D eigenvalue weighted by atomic mass is 35.5. The Kier molecular flexibility index (Phi) is 5.33. The molecule has 0 aromatic heterocycles. The van der Waals surface area contributed by atoms with Crippen molar-refractivity contribution in [2.75, 3.05) is 34.9 Å². The van der Waals surface area contributed by atoms with Crippen molar-refractivity contribution in [3.05, 3.63) is 24.3 Å². The van der Waals surface area contributed by atoms with Gasteiger partial charge in [0.2, 0.25) is 5.91 Å². The first-order valence-corrected chi connectivity index (χ1v) is 7.67. The first-order chi connectivity index (χ1) is 9.74. The van der Waals surface area contributed by atoms with E-state index in [9.17, 15) is 9.59 Å². The van der Waals surface area contributed by atoms with Crippen LogP contribution in [0, 0.1) is 0 Å². The van der Waals surface area contributed by atoms with Crippen LogP contribution in [0.5, 0.6) is 0 Å². The standard InChI is InChI=1S/C13H16N4O2S.ClH/c18-12(11-7-20-8-15-11)16-9-2-1-3-10(6-9)17-5-4-14-13(17)19;/h1-3,6,11,15H,4-5,7-8H2,(H,14,19)(H,16,18);1H. The second kappa shape index (κ2) is 7.02. The molecule has 2 aliphatic heterocycles. The first-order valence-electron chi connectivity index (χ1n) is 6.51. The van der Waals surface area contributed by atoms with Gasteiger partial charge in [-0.05, 0) is 18.2 Å². The van der Waals surface area contributed by atoms with Gasteiger partial charge in [0, 0.05) is 36.1 Å². The van der Waals surface area contributed by atoms with Gasteiger partial charge in [-0.3, -0.25) is 15.0 Å². The summed E-state index contributed by atoms with van der Waals surface area (Å²) in [6, 6.07) is 7.13. The Morgan fingerprint density at radius 2 is 2.29 bits per heavy atom. The molecule has 6 nitrogen and oxygen atoms in total. The Bertz CT molecular complexity index is 537. The van der Waals surface area contributed by atoms with Crippen LogP contribution in [0.15, 0.2) is 24.3 Å². The van der Waals surface area contributed by atoms with Crippen LogP contribution in [0.3, 0.4) is 0 Å². The second-order valence-corrected chi connectivity index (χ2v) is 5.73. The number of urea groups is 1. The van der Waals surface area contributed by atoms with Crippen LogP contribution >= 0.6 is 24.2 Å². The monoisotopic (exact) mass is 328 g/mol. The van der Waals surface area contributed by atoms with Crippen LogP contribution in [-0.2, 0) is 4.79 Å². The Morgan fingerprint density at radius 3 is 2.95 bits per heavy atom. The first kappa shape index (κ1) is 15.9. The summed E-state index contributed by atoms with van der Waals surface area (Å²) < 4.78 is 0. The van der Waals surface area contributed by atoms with Crippen molar-refractivity contribution in [3.63, 3.8) is 0 Å². The average Bonchev–Trinajstić information content (AvgIpc) is 3.10. The molecule has 2 aliphatic rings. The molecule has 1 atom stereocenters. The van der Waals surface area contributed by atoms with E-state index in [0.29, 0.717) is 18.8 Å². The van der Waals surface area contributed by atoms with Gasteiger partial charge in [0.25, 0.3) is 0 Å². The number of hydrogen-bond acceptors (Lipinski definition) is 4. The SMILES string of the molecule is Cl.O=C(Nc1cccc(N2CCNC2=O)c1)C1CSCN1. The molecule has 3 rings (SSSR count). The number of rotatable bonds is 3. The molecule has 2 saturated heterocycles. The molecule has 1 aromatic rings. The maximum Gasteiger partial charge on any atom is 0.321 e. The number of amides is 3. The largest absolute Gasteiger partial charge is 0.336 e. The number of carbonyl (C=O) groups is 2. The molecule has 1 unspecified atom stereocenters. The lowest BCUT2D eigenvalue weighted by Gasteiger charge is -2.16. The molecule has 1 aromatic carbocycles. The molecule has 21 heavy (non-hydrogen) atoms. The van der Waals surface area contributed by atoms with Gasteiger partial charge in [0.05, 0.1) is 6.04 Å². The summed E-state index contributed by atoms with van der Waals surface area (Å²) in [6.45, 7) is 1.30. The van der Waals surface area contributed by atoms with Gasteiger partial charge in [-0.15, -0.1) is 24.2 Å². The van der Waals surface area contributed by atoms with E-state index in [2.05, 4.69) is 16.0 Å². The minimum Gasteiger partial charge on any atom is -0.336 e. The van der Waals surface area contributed by atoms with Crippen LogP contribution in [0.2, 0.25) is 0 Å². The van der Waals surface area contributed by atoms with Crippen LogP contribution in [-0.4, -0.2) is 42.7 Å². The van der Waals surface area contributed by atoms with Crippen molar-refractivity contribution in [1.82, 2.24) is 10.6 Å². The molecule has 0 spiro atoms. The van der Waals surface area contributed by atoms with Gasteiger partial charge < -0.3 is 10.6 Å². The maximum absolute atomic E-state index is 12.0. The molecule has 0 bridgehead atoms. The highest BCUT2D eigenvalue weighted by molar-refractivity contribution is 7.99. The van der Waals surface area contributed by atoms with Gasteiger partial charge in [-0.2, -0.15) is 0 Å². The van der Waals surface area contributed by atoms with Gasteiger partial charge in [0.1, 0.15) is 0 Å². The summed E-state index contributed by atoms with van der Waals surface area (Å²) >= 11 is 1.71. The van der Waals surface area contributed by atoms with Crippen molar-refractivity contribution in [1.29, 1.82) is 0 Å². The molecule has 2 heterocycles. The van der Waals surface area contributed by atoms with E-state index in [1.165, 1.54) is 0 Å². The highest BCUT2D eigenvalue weighted by Gasteiger charge is 2.24. The molecule has 0 aliphatic carbocycles. The van der Waals surface area contributed by atoms with Gasteiger partial charge in [-0.25, -0.2) is 4.79 Å². The number of nitrogens with one attached hydrogen (secondary N) is 3. The summed E-state index contributed by atoms with van der Waals surface area (Å²) in [6.07, 6.45) is 0. The zero-order valence-electron chi connectivity index (χ0n) is 11.3. The smallest absolute Gasteiger partial charge is 0.321 e. The molecule has 2 fully saturated rings. The number of carbonyl (C=O) groups excluding carboxylic acids is 2. The molecule has 0 saturated carbocycles. The fraction of sp³-hybridized carbons (Fsp3) is 0.385. The van der Waals surface area contributed by atoms with Crippen molar-refractivity contribution in [2.45, 2.75) is 6.04 Å². The Balaban J connectivity index is 0.00000161. The van der Waals surface area contributed by atoms with Crippen molar-refractivity contribution in [3.8, 4) is 0 Å². The number of benzene rings is 1. The van der Waals surface area contributed by atoms with Crippen LogP contribution in [0.4, 0.5) is 16.2 Å². The number of halogens is 1. The predicted octanol–water partition coefficient (Wildman–Crippen LogP) is 1.24. The number of anilines is 2. The Hall–Kier alpha value is -1.44. The third-order valence-corrected chi connectivity index (χ3v) is 4.25. The third-order valence-electron chi connectivity index (χ3n) is 3.31. The minimum absolute atomic E-state index is 0. The van der Waals surface area contributed by atoms with E-state index >= 15 is 0 Å². The van der Waals surface area contributed by atoms with Gasteiger partial charge in [0.15, 0.2) is 0 Å². The van der Waals surface area contributed by atoms with Gasteiger partial charge in [-0.1, -0.05) is 6.07 Å². The lowest BCUT2D eigenvalue weighted by Crippen LogP contribution is -2.37. The van der Waals surface area contributed by atoms with Gasteiger partial charge >= 0.3 is 6.03 Å². The Labute approximate surface area is 133 Å². The van der Waals surface area contributed by atoms with E-state index in [4.69, 9.17) is 0 Å². The summed E-state index contributed by atoms with van der Waals surface area (Å²) in [5.74, 6) is 1.57.